The van der Waals surface area contributed by atoms with Gasteiger partial charge >= 0.3 is 6.03 Å². The van der Waals surface area contributed by atoms with E-state index in [1.54, 1.807) is 25.2 Å². The molecule has 0 aliphatic carbocycles. The second-order valence-electron chi connectivity index (χ2n) is 5.86. The van der Waals surface area contributed by atoms with E-state index < -0.39 is 0 Å². The third-order valence-electron chi connectivity index (χ3n) is 4.06. The fourth-order valence-electron chi connectivity index (χ4n) is 2.78. The topological polar surface area (TPSA) is 93.7 Å². The van der Waals surface area contributed by atoms with Crippen molar-refractivity contribution in [1.82, 2.24) is 15.5 Å². The van der Waals surface area contributed by atoms with Crippen molar-refractivity contribution < 1.29 is 14.7 Å². The van der Waals surface area contributed by atoms with E-state index in [9.17, 15) is 14.7 Å². The average molecular weight is 320 g/mol. The number of hydrogen-bond acceptors (Lipinski definition) is 4. The summed E-state index contributed by atoms with van der Waals surface area (Å²) in [5, 5.41) is 17.5. The molecule has 126 valence electrons. The minimum Gasteiger partial charge on any atom is -0.395 e. The van der Waals surface area contributed by atoms with Crippen molar-refractivity contribution in [2.24, 2.45) is 0 Å². The average Bonchev–Trinajstić information content (AvgIpc) is 2.86. The van der Waals surface area contributed by atoms with Crippen molar-refractivity contribution in [3.63, 3.8) is 0 Å². The van der Waals surface area contributed by atoms with E-state index in [4.69, 9.17) is 0 Å². The summed E-state index contributed by atoms with van der Waals surface area (Å²) in [5.41, 5.74) is 1.48. The first-order valence-corrected chi connectivity index (χ1v) is 7.70. The minimum absolute atomic E-state index is 0.0196. The number of aliphatic hydroxyl groups excluding tert-OH is 1. The number of hydrogen-bond donors (Lipinski definition) is 4. The molecule has 2 atom stereocenters. The van der Waals surface area contributed by atoms with Crippen LogP contribution in [0.15, 0.2) is 24.3 Å². The summed E-state index contributed by atoms with van der Waals surface area (Å²) < 4.78 is 0. The quantitative estimate of drug-likeness (QED) is 0.622. The van der Waals surface area contributed by atoms with Crippen LogP contribution in [0.4, 0.5) is 10.5 Å². The maximum Gasteiger partial charge on any atom is 0.319 e. The highest BCUT2D eigenvalue weighted by Crippen LogP contribution is 2.16. The van der Waals surface area contributed by atoms with Crippen LogP contribution in [0.2, 0.25) is 0 Å². The Kier molecular flexibility index (Phi) is 5.95. The van der Waals surface area contributed by atoms with E-state index in [0.29, 0.717) is 5.69 Å². The second kappa shape index (κ2) is 7.94. The van der Waals surface area contributed by atoms with E-state index in [0.717, 1.165) is 18.5 Å². The third-order valence-corrected chi connectivity index (χ3v) is 4.06. The molecule has 1 fully saturated rings. The zero-order valence-electron chi connectivity index (χ0n) is 13.5. The molecule has 7 nitrogen and oxygen atoms in total. The lowest BCUT2D eigenvalue weighted by Crippen LogP contribution is -2.39. The number of anilines is 1. The predicted molar refractivity (Wildman–Crippen MR) is 88.3 cm³/mol. The molecule has 4 N–H and O–H groups in total. The SMILES string of the molecule is CNC(=O)Cc1cccc(NC(=O)N[C@@H]2C[C@@H](CO)N(C)C2)c1. The summed E-state index contributed by atoms with van der Waals surface area (Å²) in [5.74, 6) is -0.0735. The Morgan fingerprint density at radius 3 is 2.83 bits per heavy atom. The molecule has 1 saturated heterocycles. The number of nitrogens with zero attached hydrogens (tertiary/aromatic N) is 1. The zero-order chi connectivity index (χ0) is 16.8. The molecule has 1 aliphatic rings. The Balaban J connectivity index is 1.88. The normalized spacial score (nSPS) is 21.0. The van der Waals surface area contributed by atoms with Crippen LogP contribution in [-0.4, -0.2) is 61.3 Å². The summed E-state index contributed by atoms with van der Waals surface area (Å²) in [7, 11) is 3.53. The number of carbonyl (C=O) groups is 2. The van der Waals surface area contributed by atoms with Crippen molar-refractivity contribution in [3.05, 3.63) is 29.8 Å². The molecular weight excluding hydrogens is 296 g/mol. The highest BCUT2D eigenvalue weighted by Gasteiger charge is 2.29. The number of likely N-dealkylation sites (N-methyl/N-ethyl adjacent to an activating group) is 2. The smallest absolute Gasteiger partial charge is 0.319 e. The maximum atomic E-state index is 12.1. The summed E-state index contributed by atoms with van der Waals surface area (Å²) in [6.45, 7) is 0.813. The summed E-state index contributed by atoms with van der Waals surface area (Å²) in [6, 6.07) is 7.05. The molecule has 0 aromatic heterocycles. The van der Waals surface area contributed by atoms with Gasteiger partial charge in [0.2, 0.25) is 5.91 Å². The number of carbonyl (C=O) groups excluding carboxylic acids is 2. The van der Waals surface area contributed by atoms with Gasteiger partial charge in [0.05, 0.1) is 13.0 Å². The molecule has 0 spiro atoms. The van der Waals surface area contributed by atoms with E-state index >= 15 is 0 Å². The molecule has 1 aromatic rings. The van der Waals surface area contributed by atoms with Gasteiger partial charge in [-0.05, 0) is 31.2 Å². The first-order valence-electron chi connectivity index (χ1n) is 7.70. The van der Waals surface area contributed by atoms with Crippen LogP contribution in [-0.2, 0) is 11.2 Å². The van der Waals surface area contributed by atoms with Crippen LogP contribution < -0.4 is 16.0 Å². The Hall–Kier alpha value is -2.12. The molecule has 0 saturated carbocycles. The highest BCUT2D eigenvalue weighted by atomic mass is 16.3. The highest BCUT2D eigenvalue weighted by molar-refractivity contribution is 5.89. The van der Waals surface area contributed by atoms with Crippen molar-refractivity contribution in [1.29, 1.82) is 0 Å². The largest absolute Gasteiger partial charge is 0.395 e. The first-order chi connectivity index (χ1) is 11.0. The van der Waals surface area contributed by atoms with Gasteiger partial charge in [-0.25, -0.2) is 4.79 Å². The molecule has 0 bridgehead atoms. The maximum absolute atomic E-state index is 12.1. The number of nitrogens with one attached hydrogen (secondary N) is 3. The summed E-state index contributed by atoms with van der Waals surface area (Å²) >= 11 is 0. The van der Waals surface area contributed by atoms with Gasteiger partial charge in [0.25, 0.3) is 0 Å². The molecule has 0 radical (unpaired) electrons. The molecule has 23 heavy (non-hydrogen) atoms. The second-order valence-corrected chi connectivity index (χ2v) is 5.86. The molecule has 1 aromatic carbocycles. The van der Waals surface area contributed by atoms with E-state index in [1.165, 1.54) is 0 Å². The van der Waals surface area contributed by atoms with E-state index in [-0.39, 0.29) is 37.0 Å². The van der Waals surface area contributed by atoms with Crippen molar-refractivity contribution in [3.8, 4) is 0 Å². The van der Waals surface area contributed by atoms with Gasteiger partial charge in [-0.2, -0.15) is 0 Å². The monoisotopic (exact) mass is 320 g/mol. The minimum atomic E-state index is -0.279. The molecule has 7 heteroatoms. The molecule has 1 aliphatic heterocycles. The van der Waals surface area contributed by atoms with Gasteiger partial charge in [-0.15, -0.1) is 0 Å². The lowest BCUT2D eigenvalue weighted by atomic mass is 10.1. The Morgan fingerprint density at radius 1 is 1.39 bits per heavy atom. The zero-order valence-corrected chi connectivity index (χ0v) is 13.5. The van der Waals surface area contributed by atoms with Gasteiger partial charge in [0, 0.05) is 31.4 Å². The fourth-order valence-corrected chi connectivity index (χ4v) is 2.78. The number of amides is 3. The van der Waals surface area contributed by atoms with Gasteiger partial charge in [0.15, 0.2) is 0 Å². The van der Waals surface area contributed by atoms with Gasteiger partial charge in [0.1, 0.15) is 0 Å². The predicted octanol–water partition coefficient (Wildman–Crippen LogP) is 0.162. The first kappa shape index (κ1) is 17.2. The third kappa shape index (κ3) is 4.94. The lowest BCUT2D eigenvalue weighted by molar-refractivity contribution is -0.119. The van der Waals surface area contributed by atoms with Crippen LogP contribution in [0, 0.1) is 0 Å². The van der Waals surface area contributed by atoms with Crippen molar-refractivity contribution in [2.45, 2.75) is 24.9 Å². The number of benzene rings is 1. The molecule has 2 rings (SSSR count). The van der Waals surface area contributed by atoms with Gasteiger partial charge < -0.3 is 21.1 Å². The Bertz CT molecular complexity index is 564. The fraction of sp³-hybridized carbons (Fsp3) is 0.500. The van der Waals surface area contributed by atoms with Crippen LogP contribution in [0.5, 0.6) is 0 Å². The molecule has 3 amide bonds. The van der Waals surface area contributed by atoms with Crippen molar-refractivity contribution >= 4 is 17.6 Å². The van der Waals surface area contributed by atoms with Gasteiger partial charge in [-0.3, -0.25) is 9.69 Å². The van der Waals surface area contributed by atoms with Crippen molar-refractivity contribution in [2.75, 3.05) is 32.6 Å². The lowest BCUT2D eigenvalue weighted by Gasteiger charge is -2.15. The van der Waals surface area contributed by atoms with E-state index in [2.05, 4.69) is 16.0 Å². The summed E-state index contributed by atoms with van der Waals surface area (Å²) in [6.07, 6.45) is 1.01. The van der Waals surface area contributed by atoms with E-state index in [1.807, 2.05) is 18.0 Å². The Labute approximate surface area is 136 Å². The van der Waals surface area contributed by atoms with Crippen LogP contribution in [0.25, 0.3) is 0 Å². The Morgan fingerprint density at radius 2 is 2.17 bits per heavy atom. The number of urea groups is 1. The number of rotatable bonds is 5. The molecular formula is C16H24N4O3. The van der Waals surface area contributed by atoms with Crippen LogP contribution in [0.3, 0.4) is 0 Å². The van der Waals surface area contributed by atoms with Crippen LogP contribution >= 0.6 is 0 Å². The number of likely N-dealkylation sites (tertiary alicyclic amines) is 1. The van der Waals surface area contributed by atoms with Crippen LogP contribution in [0.1, 0.15) is 12.0 Å². The van der Waals surface area contributed by atoms with Gasteiger partial charge in [-0.1, -0.05) is 12.1 Å². The number of aliphatic hydroxyl groups is 1. The molecule has 1 heterocycles. The summed E-state index contributed by atoms with van der Waals surface area (Å²) in [4.78, 5) is 25.5. The standard InChI is InChI=1S/C16H24N4O3/c1-17-15(22)7-11-4-3-5-12(6-11)18-16(23)19-13-8-14(10-21)20(2)9-13/h3-6,13-14,21H,7-10H2,1-2H3,(H,17,22)(H2,18,19,23)/t13-,14+/m1/s1. The molecule has 0 unspecified atom stereocenters.